The minimum atomic E-state index is -1.51. The van der Waals surface area contributed by atoms with Crippen LogP contribution in [-0.4, -0.2) is 22.1 Å². The van der Waals surface area contributed by atoms with Crippen molar-refractivity contribution in [2.75, 3.05) is 6.26 Å². The molecule has 3 aromatic rings. The van der Waals surface area contributed by atoms with Gasteiger partial charge in [-0.1, -0.05) is 0 Å². The van der Waals surface area contributed by atoms with E-state index in [1.807, 2.05) is 19.9 Å². The Morgan fingerprint density at radius 3 is 2.48 bits per heavy atom. The predicted octanol–water partition coefficient (Wildman–Crippen LogP) is 2.83. The first-order valence-electron chi connectivity index (χ1n) is 7.53. The number of aryl methyl sites for hydroxylation is 3. The Hall–Kier alpha value is -1.94. The number of hydrogen-bond acceptors (Lipinski definition) is 7. The molecule has 0 bridgehead atoms. The Morgan fingerprint density at radius 2 is 1.84 bits per heavy atom. The van der Waals surface area contributed by atoms with Crippen molar-refractivity contribution in [3.05, 3.63) is 45.0 Å². The van der Waals surface area contributed by atoms with Crippen LogP contribution in [0.5, 0.6) is 0 Å². The van der Waals surface area contributed by atoms with Gasteiger partial charge >= 0.3 is 12.0 Å². The molecule has 0 radical (unpaired) electrons. The molecule has 2 aromatic heterocycles. The summed E-state index contributed by atoms with van der Waals surface area (Å²) in [5.41, 5.74) is 2.94. The number of fused-ring (bicyclic) bond motifs is 2. The van der Waals surface area contributed by atoms with Gasteiger partial charge in [0.1, 0.15) is 16.9 Å². The van der Waals surface area contributed by atoms with E-state index in [2.05, 4.69) is 4.81 Å². The summed E-state index contributed by atoms with van der Waals surface area (Å²) in [4.78, 5) is 15.7. The van der Waals surface area contributed by atoms with E-state index in [4.69, 9.17) is 18.7 Å². The normalized spacial score (nSPS) is 12.8. The molecule has 1 unspecified atom stereocenters. The third kappa shape index (κ3) is 3.15. The second kappa shape index (κ2) is 6.76. The van der Waals surface area contributed by atoms with Gasteiger partial charge in [-0.15, -0.1) is 0 Å². The van der Waals surface area contributed by atoms with Gasteiger partial charge in [0.05, 0.1) is 6.61 Å². The van der Waals surface area contributed by atoms with Gasteiger partial charge in [0.15, 0.2) is 0 Å². The maximum Gasteiger partial charge on any atom is 0.592 e. The third-order valence-electron chi connectivity index (χ3n) is 4.15. The zero-order chi connectivity index (χ0) is 18.3. The molecule has 0 aliphatic rings. The van der Waals surface area contributed by atoms with Crippen molar-refractivity contribution in [3.8, 4) is 0 Å². The van der Waals surface area contributed by atoms with Crippen molar-refractivity contribution in [1.29, 1.82) is 0 Å². The molecule has 0 saturated carbocycles. The van der Waals surface area contributed by atoms with Crippen molar-refractivity contribution in [2.24, 2.45) is 0 Å². The summed E-state index contributed by atoms with van der Waals surface area (Å²) in [5.74, 6) is 0.618. The molecule has 0 fully saturated rings. The van der Waals surface area contributed by atoms with Crippen molar-refractivity contribution in [1.82, 2.24) is 0 Å². The van der Waals surface area contributed by atoms with E-state index in [-0.39, 0.29) is 6.61 Å². The van der Waals surface area contributed by atoms with Gasteiger partial charge in [0, 0.05) is 44.9 Å². The van der Waals surface area contributed by atoms with E-state index in [0.717, 1.165) is 27.5 Å². The number of furan rings is 1. The molecule has 0 amide bonds. The summed E-state index contributed by atoms with van der Waals surface area (Å²) >= 11 is 0. The van der Waals surface area contributed by atoms with Crippen LogP contribution in [0.25, 0.3) is 21.9 Å². The van der Waals surface area contributed by atoms with E-state index in [1.165, 1.54) is 12.3 Å². The molecule has 9 heteroatoms. The Bertz CT molecular complexity index is 1040. The molecule has 2 heterocycles. The van der Waals surface area contributed by atoms with Crippen LogP contribution < -0.4 is 5.63 Å². The quantitative estimate of drug-likeness (QED) is 0.322. The smallest absolute Gasteiger partial charge is 0.461 e. The average molecular weight is 364 g/mol. The summed E-state index contributed by atoms with van der Waals surface area (Å²) in [6, 6.07) is 3.31. The predicted molar refractivity (Wildman–Crippen MR) is 94.8 cm³/mol. The molecular weight excluding hydrogens is 347 g/mol. The van der Waals surface area contributed by atoms with Crippen LogP contribution in [0.4, 0.5) is 0 Å². The molecule has 0 saturated heterocycles. The molecule has 7 nitrogen and oxygen atoms in total. The monoisotopic (exact) mass is 364 g/mol. The fourth-order valence-corrected chi connectivity index (χ4v) is 3.25. The third-order valence-corrected chi connectivity index (χ3v) is 4.91. The maximum absolute atomic E-state index is 11.7. The highest BCUT2D eigenvalue weighted by molar-refractivity contribution is 8.11. The molecule has 25 heavy (non-hydrogen) atoms. The Kier molecular flexibility index (Phi) is 4.83. The minimum Gasteiger partial charge on any atom is -0.461 e. The molecule has 132 valence electrons. The highest BCUT2D eigenvalue weighted by Crippen LogP contribution is 2.34. The van der Waals surface area contributed by atoms with Gasteiger partial charge in [-0.3, -0.25) is 14.3 Å². The van der Waals surface area contributed by atoms with Crippen molar-refractivity contribution in [2.45, 2.75) is 27.4 Å². The lowest BCUT2D eigenvalue weighted by Gasteiger charge is -2.08. The molecule has 0 aliphatic heterocycles. The fourth-order valence-electron chi connectivity index (χ4n) is 2.87. The highest BCUT2D eigenvalue weighted by atomic mass is 32.2. The van der Waals surface area contributed by atoms with E-state index in [0.29, 0.717) is 16.9 Å². The summed E-state index contributed by atoms with van der Waals surface area (Å²) in [5, 5.41) is 10.4. The van der Waals surface area contributed by atoms with Crippen molar-refractivity contribution in [3.63, 3.8) is 0 Å². The van der Waals surface area contributed by atoms with Crippen LogP contribution in [0.3, 0.4) is 0 Å². The highest BCUT2D eigenvalue weighted by Gasteiger charge is 2.26. The standard InChI is InChI=1S/C16H17BO7S/c1-8-5-14(18)23-15-9(2)16-12(6-11(8)15)13(10(3)22-16)7-21-17(24-19)25(4)20/h5-6,19H,7H2,1-4H3. The molecular formula is C16H17BO7S. The van der Waals surface area contributed by atoms with Gasteiger partial charge in [-0.25, -0.2) is 4.79 Å². The van der Waals surface area contributed by atoms with Crippen LogP contribution in [0.15, 0.2) is 25.8 Å². The first-order chi connectivity index (χ1) is 11.8. The van der Waals surface area contributed by atoms with Gasteiger partial charge < -0.3 is 13.5 Å². The average Bonchev–Trinajstić information content (AvgIpc) is 2.85. The molecule has 1 N–H and O–H groups in total. The topological polar surface area (TPSA) is 99.1 Å². The number of rotatable bonds is 5. The summed E-state index contributed by atoms with van der Waals surface area (Å²) < 4.78 is 28.0. The van der Waals surface area contributed by atoms with Gasteiger partial charge in [0.2, 0.25) is 0 Å². The maximum atomic E-state index is 11.7. The molecule has 0 aliphatic carbocycles. The van der Waals surface area contributed by atoms with Crippen LogP contribution >= 0.6 is 0 Å². The van der Waals surface area contributed by atoms with E-state index in [9.17, 15) is 9.00 Å². The molecule has 1 atom stereocenters. The number of hydrogen-bond donors (Lipinski definition) is 1. The Labute approximate surface area is 145 Å². The zero-order valence-electron chi connectivity index (χ0n) is 14.2. The lowest BCUT2D eigenvalue weighted by Crippen LogP contribution is -2.26. The molecule has 0 spiro atoms. The van der Waals surface area contributed by atoms with Gasteiger partial charge in [-0.2, -0.15) is 0 Å². The van der Waals surface area contributed by atoms with E-state index in [1.54, 1.807) is 6.92 Å². The van der Waals surface area contributed by atoms with Crippen LogP contribution in [0, 0.1) is 20.8 Å². The van der Waals surface area contributed by atoms with Crippen LogP contribution in [0.2, 0.25) is 0 Å². The minimum absolute atomic E-state index is 0.0460. The van der Waals surface area contributed by atoms with E-state index >= 15 is 0 Å². The lowest BCUT2D eigenvalue weighted by molar-refractivity contribution is -0.156. The number of benzene rings is 1. The summed E-state index contributed by atoms with van der Waals surface area (Å²) in [6.07, 6.45) is 0.121. The van der Waals surface area contributed by atoms with Gasteiger partial charge in [-0.05, 0) is 32.4 Å². The summed E-state index contributed by atoms with van der Waals surface area (Å²) in [6.45, 7) is 5.48. The largest absolute Gasteiger partial charge is 0.592 e. The molecule has 1 aromatic carbocycles. The van der Waals surface area contributed by atoms with Gasteiger partial charge in [0.25, 0.3) is 0 Å². The van der Waals surface area contributed by atoms with Crippen molar-refractivity contribution >= 4 is 39.0 Å². The van der Waals surface area contributed by atoms with Crippen LogP contribution in [0.1, 0.15) is 22.5 Å². The van der Waals surface area contributed by atoms with Crippen molar-refractivity contribution < 1.29 is 27.8 Å². The molecule has 3 rings (SSSR count). The van der Waals surface area contributed by atoms with E-state index < -0.39 is 22.7 Å². The lowest BCUT2D eigenvalue weighted by atomic mass is 10.0. The zero-order valence-corrected chi connectivity index (χ0v) is 15.1. The first kappa shape index (κ1) is 17.9. The second-order valence-corrected chi connectivity index (χ2v) is 7.23. The SMILES string of the molecule is Cc1oc2c(C)c3oc(=O)cc(C)c3cc2c1COB(OO)S(C)=O. The Balaban J connectivity index is 2.16. The summed E-state index contributed by atoms with van der Waals surface area (Å²) in [7, 11) is -1.51. The fraction of sp³-hybridized carbons (Fsp3) is 0.312. The second-order valence-electron chi connectivity index (χ2n) is 5.84. The van der Waals surface area contributed by atoms with Crippen LogP contribution in [-0.2, 0) is 26.7 Å². The Morgan fingerprint density at radius 1 is 1.16 bits per heavy atom. The first-order valence-corrected chi connectivity index (χ1v) is 9.15.